The van der Waals surface area contributed by atoms with Crippen molar-refractivity contribution >= 4 is 22.9 Å². The molecule has 0 bridgehead atoms. The van der Waals surface area contributed by atoms with E-state index in [0.717, 1.165) is 16.2 Å². The molecule has 1 amide bonds. The van der Waals surface area contributed by atoms with Crippen LogP contribution in [0.1, 0.15) is 41.8 Å². The highest BCUT2D eigenvalue weighted by Crippen LogP contribution is 2.21. The zero-order chi connectivity index (χ0) is 17.1. The molecule has 1 heterocycles. The van der Waals surface area contributed by atoms with E-state index in [-0.39, 0.29) is 5.91 Å². The Kier molecular flexibility index (Phi) is 5.19. The van der Waals surface area contributed by atoms with E-state index in [1.807, 2.05) is 38.2 Å². The first kappa shape index (κ1) is 17.0. The zero-order valence-electron chi connectivity index (χ0n) is 14.6. The largest absolute Gasteiger partial charge is 0.326 e. The van der Waals surface area contributed by atoms with Crippen molar-refractivity contribution in [3.63, 3.8) is 0 Å². The van der Waals surface area contributed by atoms with Gasteiger partial charge in [-0.1, -0.05) is 30.5 Å². The number of rotatable bonds is 4. The van der Waals surface area contributed by atoms with Crippen LogP contribution in [-0.4, -0.2) is 16.5 Å². The van der Waals surface area contributed by atoms with Gasteiger partial charge in [0.25, 0.3) is 0 Å². The summed E-state index contributed by atoms with van der Waals surface area (Å²) < 4.78 is 2.09. The van der Waals surface area contributed by atoms with Gasteiger partial charge < -0.3 is 9.88 Å². The Morgan fingerprint density at radius 1 is 1.25 bits per heavy atom. The summed E-state index contributed by atoms with van der Waals surface area (Å²) in [5.74, 6) is 0.0165. The third kappa shape index (κ3) is 3.96. The van der Waals surface area contributed by atoms with Crippen LogP contribution < -0.4 is 10.1 Å². The van der Waals surface area contributed by atoms with Crippen molar-refractivity contribution in [2.45, 2.75) is 52.0 Å². The molecule has 0 radical (unpaired) electrons. The minimum absolute atomic E-state index is 0.0165. The van der Waals surface area contributed by atoms with Crippen molar-refractivity contribution in [3.05, 3.63) is 45.2 Å². The van der Waals surface area contributed by atoms with Gasteiger partial charge in [-0.2, -0.15) is 0 Å². The molecule has 3 rings (SSSR count). The van der Waals surface area contributed by atoms with E-state index in [1.54, 1.807) is 11.3 Å². The van der Waals surface area contributed by atoms with Crippen molar-refractivity contribution in [1.29, 1.82) is 0 Å². The number of amides is 1. The molecule has 1 N–H and O–H groups in total. The third-order valence-electron chi connectivity index (χ3n) is 4.62. The summed E-state index contributed by atoms with van der Waals surface area (Å²) >= 11 is 1.69. The van der Waals surface area contributed by atoms with Crippen LogP contribution in [0.15, 0.2) is 29.3 Å². The number of hydrogen-bond donors (Lipinski definition) is 1. The number of hydrogen-bond acceptors (Lipinski definition) is 3. The third-order valence-corrected chi connectivity index (χ3v) is 5.73. The maximum Gasteiger partial charge on any atom is 0.230 e. The summed E-state index contributed by atoms with van der Waals surface area (Å²) in [4.78, 5) is 19.5. The van der Waals surface area contributed by atoms with E-state index in [2.05, 4.69) is 16.8 Å². The fraction of sp³-hybridized carbons (Fsp3) is 0.474. The minimum Gasteiger partial charge on any atom is -0.326 e. The van der Waals surface area contributed by atoms with Gasteiger partial charge in [0.2, 0.25) is 5.91 Å². The molecule has 1 fully saturated rings. The Balaban J connectivity index is 1.73. The quantitative estimate of drug-likeness (QED) is 0.903. The normalized spacial score (nSPS) is 15.9. The van der Waals surface area contributed by atoms with Gasteiger partial charge in [-0.25, -0.2) is 0 Å². The van der Waals surface area contributed by atoms with Gasteiger partial charge >= 0.3 is 0 Å². The first-order valence-electron chi connectivity index (χ1n) is 8.58. The van der Waals surface area contributed by atoms with Crippen molar-refractivity contribution in [1.82, 2.24) is 4.57 Å². The molecule has 1 aromatic carbocycles. The van der Waals surface area contributed by atoms with Gasteiger partial charge in [-0.3, -0.25) is 9.79 Å². The van der Waals surface area contributed by atoms with Crippen molar-refractivity contribution in [2.24, 2.45) is 12.0 Å². The van der Waals surface area contributed by atoms with E-state index in [0.29, 0.717) is 12.5 Å². The van der Waals surface area contributed by atoms with E-state index in [9.17, 15) is 4.79 Å². The number of aryl methyl sites for hydroxylation is 2. The molecule has 1 saturated carbocycles. The molecule has 0 spiro atoms. The summed E-state index contributed by atoms with van der Waals surface area (Å²) in [7, 11) is 2.02. The van der Waals surface area contributed by atoms with Gasteiger partial charge in [-0.15, -0.1) is 11.3 Å². The summed E-state index contributed by atoms with van der Waals surface area (Å²) in [5, 5.41) is 2.98. The van der Waals surface area contributed by atoms with E-state index < -0.39 is 0 Å². The molecule has 1 aromatic heterocycles. The van der Waals surface area contributed by atoms with Gasteiger partial charge in [0, 0.05) is 23.3 Å². The molecule has 2 aromatic rings. The Hall–Kier alpha value is -1.88. The van der Waals surface area contributed by atoms with Crippen LogP contribution in [-0.2, 0) is 18.3 Å². The second kappa shape index (κ2) is 7.34. The number of anilines is 1. The highest BCUT2D eigenvalue weighted by atomic mass is 32.1. The number of thiazole rings is 1. The second-order valence-corrected chi connectivity index (χ2v) is 7.79. The van der Waals surface area contributed by atoms with Crippen molar-refractivity contribution in [2.75, 3.05) is 5.32 Å². The fourth-order valence-corrected chi connectivity index (χ4v) is 4.21. The maximum absolute atomic E-state index is 12.4. The van der Waals surface area contributed by atoms with E-state index in [4.69, 9.17) is 4.99 Å². The number of aromatic nitrogens is 1. The van der Waals surface area contributed by atoms with Crippen LogP contribution in [0.2, 0.25) is 0 Å². The average molecular weight is 343 g/mol. The molecule has 128 valence electrons. The maximum atomic E-state index is 12.4. The summed E-state index contributed by atoms with van der Waals surface area (Å²) in [6.07, 6.45) is 5.34. The zero-order valence-corrected chi connectivity index (χ0v) is 15.4. The number of nitrogens with zero attached hydrogens (tertiary/aromatic N) is 2. The fourth-order valence-electron chi connectivity index (χ4n) is 3.16. The topological polar surface area (TPSA) is 46.4 Å². The molecule has 1 aliphatic rings. The molecule has 5 heteroatoms. The Bertz CT molecular complexity index is 780. The van der Waals surface area contributed by atoms with E-state index >= 15 is 0 Å². The van der Waals surface area contributed by atoms with Gasteiger partial charge in [0.05, 0.1) is 12.5 Å². The smallest absolute Gasteiger partial charge is 0.230 e. The molecule has 0 atom stereocenters. The summed E-state index contributed by atoms with van der Waals surface area (Å²) in [6, 6.07) is 8.35. The summed E-state index contributed by atoms with van der Waals surface area (Å²) in [6.45, 7) is 4.11. The molecule has 4 nitrogen and oxygen atoms in total. The lowest BCUT2D eigenvalue weighted by atomic mass is 10.2. The predicted molar refractivity (Wildman–Crippen MR) is 99.4 cm³/mol. The van der Waals surface area contributed by atoms with E-state index in [1.165, 1.54) is 36.1 Å². The van der Waals surface area contributed by atoms with Crippen LogP contribution >= 0.6 is 11.3 Å². The Morgan fingerprint density at radius 2 is 1.92 bits per heavy atom. The number of benzene rings is 1. The van der Waals surface area contributed by atoms with Crippen LogP contribution in [0, 0.1) is 13.8 Å². The molecule has 0 unspecified atom stereocenters. The monoisotopic (exact) mass is 343 g/mol. The number of carbonyl (C=O) groups excluding carboxylic acids is 1. The average Bonchev–Trinajstić information content (AvgIpc) is 3.14. The van der Waals surface area contributed by atoms with Crippen molar-refractivity contribution in [3.8, 4) is 0 Å². The molecule has 1 aliphatic carbocycles. The molecular formula is C19H25N3OS. The number of carbonyl (C=O) groups is 1. The van der Waals surface area contributed by atoms with Crippen LogP contribution in [0.4, 0.5) is 5.69 Å². The molecule has 0 aliphatic heterocycles. The number of nitrogens with one attached hydrogen (secondary N) is 1. The summed E-state index contributed by atoms with van der Waals surface area (Å²) in [5.41, 5.74) is 3.09. The van der Waals surface area contributed by atoms with Crippen LogP contribution in [0.25, 0.3) is 0 Å². The standard InChI is InChI=1S/C19H25N3OS/c1-13-8-10-16(11-9-13)20-18(23)12-17-14(2)24-19(22(17)3)21-15-6-4-5-7-15/h8-11,15H,4-7,12H2,1-3H3,(H,20,23). The highest BCUT2D eigenvalue weighted by Gasteiger charge is 2.16. The van der Waals surface area contributed by atoms with Gasteiger partial charge in [0.15, 0.2) is 4.80 Å². The van der Waals surface area contributed by atoms with Crippen molar-refractivity contribution < 1.29 is 4.79 Å². The van der Waals surface area contributed by atoms with Gasteiger partial charge in [-0.05, 0) is 38.8 Å². The molecule has 0 saturated heterocycles. The highest BCUT2D eigenvalue weighted by molar-refractivity contribution is 7.09. The first-order valence-corrected chi connectivity index (χ1v) is 9.40. The lowest BCUT2D eigenvalue weighted by Crippen LogP contribution is -2.21. The van der Waals surface area contributed by atoms with Crippen LogP contribution in [0.5, 0.6) is 0 Å². The van der Waals surface area contributed by atoms with Crippen LogP contribution in [0.3, 0.4) is 0 Å². The Labute approximate surface area is 147 Å². The minimum atomic E-state index is 0.0165. The Morgan fingerprint density at radius 3 is 2.58 bits per heavy atom. The first-order chi connectivity index (χ1) is 11.5. The lowest BCUT2D eigenvalue weighted by Gasteiger charge is -2.07. The van der Waals surface area contributed by atoms with Gasteiger partial charge in [0.1, 0.15) is 0 Å². The second-order valence-electron chi connectivity index (χ2n) is 6.60. The SMILES string of the molecule is Cc1ccc(NC(=O)Cc2c(C)sc(=NC3CCCC3)n2C)cc1. The molecular weight excluding hydrogens is 318 g/mol. The predicted octanol–water partition coefficient (Wildman–Crippen LogP) is 3.73. The lowest BCUT2D eigenvalue weighted by molar-refractivity contribution is -0.115. The molecule has 24 heavy (non-hydrogen) atoms.